The molecule has 1 aliphatic rings. The molecule has 1 N–H and O–H groups in total. The van der Waals surface area contributed by atoms with Gasteiger partial charge < -0.3 is 5.32 Å². The Labute approximate surface area is 107 Å². The molecular formula is C15H28N2. The summed E-state index contributed by atoms with van der Waals surface area (Å²) in [7, 11) is 0. The molecule has 2 nitrogen and oxygen atoms in total. The molecule has 98 valence electrons. The van der Waals surface area contributed by atoms with E-state index in [1.165, 1.54) is 25.7 Å². The molecule has 0 aromatic heterocycles. The van der Waals surface area contributed by atoms with Gasteiger partial charge in [0.25, 0.3) is 0 Å². The van der Waals surface area contributed by atoms with E-state index in [-0.39, 0.29) is 0 Å². The predicted octanol–water partition coefficient (Wildman–Crippen LogP) is 3.87. The van der Waals surface area contributed by atoms with Gasteiger partial charge in [0, 0.05) is 12.1 Å². The Morgan fingerprint density at radius 2 is 1.82 bits per heavy atom. The van der Waals surface area contributed by atoms with Gasteiger partial charge >= 0.3 is 0 Å². The quantitative estimate of drug-likeness (QED) is 0.804. The number of nitrogens with one attached hydrogen (secondary N) is 1. The third-order valence-corrected chi connectivity index (χ3v) is 4.25. The largest absolute Gasteiger partial charge is 0.310 e. The minimum atomic E-state index is 0.399. The maximum atomic E-state index is 8.76. The smallest absolute Gasteiger partial charge is 0.0638 e. The van der Waals surface area contributed by atoms with Crippen LogP contribution in [0.4, 0.5) is 0 Å². The molecule has 17 heavy (non-hydrogen) atoms. The van der Waals surface area contributed by atoms with Gasteiger partial charge in [0.1, 0.15) is 0 Å². The molecule has 0 heterocycles. The van der Waals surface area contributed by atoms with Crippen molar-refractivity contribution < 1.29 is 0 Å². The van der Waals surface area contributed by atoms with Gasteiger partial charge in [-0.05, 0) is 43.4 Å². The van der Waals surface area contributed by atoms with Crippen molar-refractivity contribution in [1.82, 2.24) is 5.32 Å². The van der Waals surface area contributed by atoms with E-state index in [2.05, 4.69) is 39.1 Å². The number of hydrogen-bond donors (Lipinski definition) is 1. The number of nitriles is 1. The van der Waals surface area contributed by atoms with E-state index in [1.54, 1.807) is 0 Å². The Morgan fingerprint density at radius 3 is 2.24 bits per heavy atom. The normalized spacial score (nSPS) is 27.5. The zero-order valence-corrected chi connectivity index (χ0v) is 11.9. The lowest BCUT2D eigenvalue weighted by molar-refractivity contribution is 0.156. The Morgan fingerprint density at radius 1 is 1.24 bits per heavy atom. The second kappa shape index (κ2) is 6.40. The summed E-state index contributed by atoms with van der Waals surface area (Å²) >= 11 is 0. The highest BCUT2D eigenvalue weighted by Crippen LogP contribution is 2.37. The van der Waals surface area contributed by atoms with Crippen LogP contribution in [-0.4, -0.2) is 12.1 Å². The molecule has 1 fully saturated rings. The molecule has 0 aromatic carbocycles. The summed E-state index contributed by atoms with van der Waals surface area (Å²) in [4.78, 5) is 0. The van der Waals surface area contributed by atoms with Crippen LogP contribution in [-0.2, 0) is 0 Å². The van der Waals surface area contributed by atoms with Gasteiger partial charge in [-0.1, -0.05) is 27.7 Å². The molecule has 0 amide bonds. The topological polar surface area (TPSA) is 35.8 Å². The molecule has 0 saturated heterocycles. The maximum Gasteiger partial charge on any atom is 0.0638 e. The molecular weight excluding hydrogens is 208 g/mol. The summed E-state index contributed by atoms with van der Waals surface area (Å²) in [6.07, 6.45) is 6.95. The highest BCUT2D eigenvalue weighted by Gasteiger charge is 2.30. The monoisotopic (exact) mass is 236 g/mol. The minimum Gasteiger partial charge on any atom is -0.310 e. The maximum absolute atomic E-state index is 8.76. The average Bonchev–Trinajstić information content (AvgIpc) is 2.28. The molecule has 0 spiro atoms. The Kier molecular flexibility index (Phi) is 5.46. The summed E-state index contributed by atoms with van der Waals surface area (Å²) in [5.74, 6) is 0.872. The van der Waals surface area contributed by atoms with Gasteiger partial charge in [0.15, 0.2) is 0 Å². The number of nitrogens with zero attached hydrogens (tertiary/aromatic N) is 1. The van der Waals surface area contributed by atoms with Gasteiger partial charge in [-0.25, -0.2) is 0 Å². The molecule has 1 rings (SSSR count). The summed E-state index contributed by atoms with van der Waals surface area (Å²) in [5.41, 5.74) is 0.460. The molecule has 0 bridgehead atoms. The summed E-state index contributed by atoms with van der Waals surface area (Å²) in [6, 6.07) is 3.32. The van der Waals surface area contributed by atoms with E-state index >= 15 is 0 Å². The van der Waals surface area contributed by atoms with Crippen LogP contribution in [0.2, 0.25) is 0 Å². The van der Waals surface area contributed by atoms with Crippen LogP contribution in [0.1, 0.15) is 66.2 Å². The minimum absolute atomic E-state index is 0.399. The molecule has 0 aromatic rings. The van der Waals surface area contributed by atoms with Crippen LogP contribution in [0.3, 0.4) is 0 Å². The lowest BCUT2D eigenvalue weighted by atomic mass is 9.71. The first-order valence-electron chi connectivity index (χ1n) is 7.10. The third-order valence-electron chi connectivity index (χ3n) is 4.25. The van der Waals surface area contributed by atoms with Gasteiger partial charge in [-0.2, -0.15) is 5.26 Å². The fourth-order valence-electron chi connectivity index (χ4n) is 2.89. The van der Waals surface area contributed by atoms with Gasteiger partial charge in [-0.3, -0.25) is 0 Å². The Balaban J connectivity index is 2.35. The number of hydrogen-bond acceptors (Lipinski definition) is 2. The van der Waals surface area contributed by atoms with Gasteiger partial charge in [0.2, 0.25) is 0 Å². The molecule has 0 radical (unpaired) electrons. The lowest BCUT2D eigenvalue weighted by Gasteiger charge is -2.38. The average molecular weight is 236 g/mol. The molecule has 0 aliphatic heterocycles. The first-order chi connectivity index (χ1) is 7.97. The van der Waals surface area contributed by atoms with E-state index < -0.39 is 0 Å². The second-order valence-corrected chi connectivity index (χ2v) is 6.55. The summed E-state index contributed by atoms with van der Waals surface area (Å²) < 4.78 is 0. The zero-order chi connectivity index (χ0) is 12.9. The number of rotatable bonds is 4. The van der Waals surface area contributed by atoms with Crippen LogP contribution in [0.25, 0.3) is 0 Å². The van der Waals surface area contributed by atoms with E-state index in [9.17, 15) is 0 Å². The summed E-state index contributed by atoms with van der Waals surface area (Å²) in [6.45, 7) is 9.23. The highest BCUT2D eigenvalue weighted by molar-refractivity contribution is 4.87. The molecule has 1 atom stereocenters. The lowest BCUT2D eigenvalue weighted by Crippen LogP contribution is -2.41. The molecule has 1 unspecified atom stereocenters. The van der Waals surface area contributed by atoms with Crippen LogP contribution in [0.5, 0.6) is 0 Å². The predicted molar refractivity (Wildman–Crippen MR) is 72.6 cm³/mol. The van der Waals surface area contributed by atoms with Crippen molar-refractivity contribution in [1.29, 1.82) is 5.26 Å². The third kappa shape index (κ3) is 4.68. The van der Waals surface area contributed by atoms with Crippen molar-refractivity contribution >= 4 is 0 Å². The van der Waals surface area contributed by atoms with Crippen molar-refractivity contribution in [3.05, 3.63) is 0 Å². The van der Waals surface area contributed by atoms with E-state index in [4.69, 9.17) is 5.26 Å². The second-order valence-electron chi connectivity index (χ2n) is 6.55. The molecule has 2 heteroatoms. The summed E-state index contributed by atoms with van der Waals surface area (Å²) in [5, 5.41) is 12.4. The van der Waals surface area contributed by atoms with Crippen molar-refractivity contribution in [3.8, 4) is 6.07 Å². The highest BCUT2D eigenvalue weighted by atomic mass is 14.9. The van der Waals surface area contributed by atoms with Crippen molar-refractivity contribution in [2.45, 2.75) is 78.3 Å². The Hall–Kier alpha value is -0.550. The van der Waals surface area contributed by atoms with Crippen LogP contribution < -0.4 is 5.32 Å². The zero-order valence-electron chi connectivity index (χ0n) is 11.9. The van der Waals surface area contributed by atoms with Gasteiger partial charge in [-0.15, -0.1) is 0 Å². The van der Waals surface area contributed by atoms with Crippen molar-refractivity contribution in [2.24, 2.45) is 11.3 Å². The standard InChI is InChI=1S/C15H28N2/c1-5-13(10-11-16)17-14-8-6-12(7-9-14)15(2,3)4/h12-14,17H,5-10H2,1-4H3. The Bertz CT molecular complexity index is 251. The van der Waals surface area contributed by atoms with Crippen molar-refractivity contribution in [2.75, 3.05) is 0 Å². The van der Waals surface area contributed by atoms with E-state index in [1.807, 2.05) is 0 Å². The SMILES string of the molecule is CCC(CC#N)NC1CCC(C(C)(C)C)CC1. The van der Waals surface area contributed by atoms with Gasteiger partial charge in [0.05, 0.1) is 12.5 Å². The first-order valence-corrected chi connectivity index (χ1v) is 7.10. The molecule has 1 saturated carbocycles. The van der Waals surface area contributed by atoms with E-state index in [0.29, 0.717) is 23.9 Å². The fraction of sp³-hybridized carbons (Fsp3) is 0.933. The molecule has 1 aliphatic carbocycles. The van der Waals surface area contributed by atoms with E-state index in [0.717, 1.165) is 12.3 Å². The van der Waals surface area contributed by atoms with Crippen LogP contribution >= 0.6 is 0 Å². The fourth-order valence-corrected chi connectivity index (χ4v) is 2.89. The first kappa shape index (κ1) is 14.5. The van der Waals surface area contributed by atoms with Crippen LogP contribution in [0, 0.1) is 22.7 Å². The van der Waals surface area contributed by atoms with Crippen LogP contribution in [0.15, 0.2) is 0 Å². The van der Waals surface area contributed by atoms with Crippen molar-refractivity contribution in [3.63, 3.8) is 0 Å².